The number of carboxylic acid groups (broad SMARTS) is 1. The van der Waals surface area contributed by atoms with Gasteiger partial charge in [0.15, 0.2) is 0 Å². The van der Waals surface area contributed by atoms with E-state index >= 15 is 0 Å². The molecule has 2 N–H and O–H groups in total. The molecule has 2 saturated heterocycles. The minimum Gasteiger partial charge on any atom is -0.483 e. The molecule has 9 nitrogen and oxygen atoms in total. The SMILES string of the molecule is C#C.C=C(C)N1CCCC1.CCC(C)/C(=C\Cc1ccc[nH]1)C(F)F.CCC(C)CCOC1(C(C)C)COC1.COc1ncc(C2=CCOC2)cc1C.O=CO. The maximum atomic E-state index is 12.7. The van der Waals surface area contributed by atoms with Gasteiger partial charge in [0.1, 0.15) is 5.60 Å². The van der Waals surface area contributed by atoms with Crippen molar-refractivity contribution in [3.05, 3.63) is 77.4 Å². The maximum Gasteiger partial charge on any atom is 0.290 e. The van der Waals surface area contributed by atoms with E-state index in [1.165, 1.54) is 50.0 Å². The summed E-state index contributed by atoms with van der Waals surface area (Å²) in [5, 5.41) is 6.89. The molecule has 2 fully saturated rings. The van der Waals surface area contributed by atoms with Gasteiger partial charge in [0, 0.05) is 55.5 Å². The number of hydrogen-bond acceptors (Lipinski definition) is 7. The van der Waals surface area contributed by atoms with Crippen molar-refractivity contribution in [3.8, 4) is 18.7 Å². The molecule has 2 aromatic rings. The summed E-state index contributed by atoms with van der Waals surface area (Å²) in [7, 11) is 1.63. The zero-order valence-electron chi connectivity index (χ0n) is 35.6. The Kier molecular flexibility index (Phi) is 28.0. The van der Waals surface area contributed by atoms with Gasteiger partial charge < -0.3 is 33.9 Å². The first-order valence-corrected chi connectivity index (χ1v) is 19.7. The Morgan fingerprint density at radius 3 is 2.18 bits per heavy atom. The molecular formula is C45H71F2N3O6. The highest BCUT2D eigenvalue weighted by Crippen LogP contribution is 2.31. The number of aromatic amines is 1. The topological polar surface area (TPSA) is 106 Å². The van der Waals surface area contributed by atoms with E-state index in [1.807, 2.05) is 39.1 Å². The molecule has 2 atom stereocenters. The van der Waals surface area contributed by atoms with Crippen LogP contribution in [0.15, 0.2) is 60.6 Å². The fraction of sp³-hybridized carbons (Fsp3) is 0.600. The minimum atomic E-state index is -2.34. The van der Waals surface area contributed by atoms with Gasteiger partial charge in [0.2, 0.25) is 5.88 Å². The van der Waals surface area contributed by atoms with Crippen LogP contribution < -0.4 is 4.74 Å². The molecule has 316 valence electrons. The number of H-pyrrole nitrogens is 1. The number of pyridine rings is 1. The van der Waals surface area contributed by atoms with Crippen LogP contribution in [0.2, 0.25) is 0 Å². The van der Waals surface area contributed by atoms with Crippen molar-refractivity contribution in [1.29, 1.82) is 0 Å². The van der Waals surface area contributed by atoms with Crippen molar-refractivity contribution < 1.29 is 37.6 Å². The number of terminal acetylenes is 1. The molecule has 2 aromatic heterocycles. The third-order valence-electron chi connectivity index (χ3n) is 10.0. The van der Waals surface area contributed by atoms with Crippen molar-refractivity contribution in [3.63, 3.8) is 0 Å². The smallest absolute Gasteiger partial charge is 0.290 e. The number of allylic oxidation sites excluding steroid dienone is 3. The molecule has 0 amide bonds. The van der Waals surface area contributed by atoms with Gasteiger partial charge >= 0.3 is 0 Å². The van der Waals surface area contributed by atoms with Crippen molar-refractivity contribution in [1.82, 2.24) is 14.9 Å². The van der Waals surface area contributed by atoms with Crippen LogP contribution in [0.1, 0.15) is 97.4 Å². The molecule has 3 aliphatic heterocycles. The van der Waals surface area contributed by atoms with Crippen LogP contribution >= 0.6 is 0 Å². The summed E-state index contributed by atoms with van der Waals surface area (Å²) < 4.78 is 47.0. The first-order valence-electron chi connectivity index (χ1n) is 19.7. The highest BCUT2D eigenvalue weighted by Gasteiger charge is 2.42. The summed E-state index contributed by atoms with van der Waals surface area (Å²) in [5.41, 5.74) is 5.88. The average molecular weight is 788 g/mol. The van der Waals surface area contributed by atoms with Gasteiger partial charge in [-0.2, -0.15) is 0 Å². The van der Waals surface area contributed by atoms with E-state index in [9.17, 15) is 8.78 Å². The Bertz CT molecular complexity index is 1410. The Morgan fingerprint density at radius 2 is 1.79 bits per heavy atom. The van der Waals surface area contributed by atoms with Gasteiger partial charge in [-0.15, -0.1) is 12.8 Å². The van der Waals surface area contributed by atoms with Gasteiger partial charge in [0.25, 0.3) is 12.9 Å². The van der Waals surface area contributed by atoms with Crippen LogP contribution in [-0.4, -0.2) is 91.7 Å². The number of likely N-dealkylation sites (tertiary alicyclic amines) is 1. The monoisotopic (exact) mass is 788 g/mol. The second-order valence-electron chi connectivity index (χ2n) is 14.4. The predicted octanol–water partition coefficient (Wildman–Crippen LogP) is 10.0. The molecule has 0 bridgehead atoms. The number of nitrogens with zero attached hydrogens (tertiary/aromatic N) is 2. The van der Waals surface area contributed by atoms with E-state index in [2.05, 4.69) is 81.1 Å². The lowest BCUT2D eigenvalue weighted by atomic mass is 9.88. The minimum absolute atomic E-state index is 0.0352. The van der Waals surface area contributed by atoms with Gasteiger partial charge in [0.05, 0.1) is 33.5 Å². The number of rotatable bonds is 14. The number of aromatic nitrogens is 2. The third-order valence-corrected chi connectivity index (χ3v) is 10.0. The van der Waals surface area contributed by atoms with Crippen LogP contribution in [0.25, 0.3) is 5.57 Å². The quantitative estimate of drug-likeness (QED) is 0.111. The molecule has 3 aliphatic rings. The zero-order valence-corrected chi connectivity index (χ0v) is 35.6. The Hall–Kier alpha value is -3.98. The van der Waals surface area contributed by atoms with Crippen molar-refractivity contribution in [2.24, 2.45) is 17.8 Å². The Labute approximate surface area is 336 Å². The van der Waals surface area contributed by atoms with E-state index in [0.29, 0.717) is 31.4 Å². The lowest BCUT2D eigenvalue weighted by molar-refractivity contribution is -0.231. The van der Waals surface area contributed by atoms with E-state index in [1.54, 1.807) is 19.4 Å². The average Bonchev–Trinajstić information content (AvgIpc) is 3.99. The summed E-state index contributed by atoms with van der Waals surface area (Å²) in [4.78, 5) is 17.9. The van der Waals surface area contributed by atoms with Gasteiger partial charge in [-0.05, 0) is 92.2 Å². The number of carbonyl (C=O) groups is 1. The fourth-order valence-electron chi connectivity index (χ4n) is 5.66. The summed E-state index contributed by atoms with van der Waals surface area (Å²) in [5.74, 6) is 1.99. The van der Waals surface area contributed by atoms with Crippen LogP contribution in [0, 0.1) is 37.5 Å². The Morgan fingerprint density at radius 1 is 1.14 bits per heavy atom. The molecule has 0 radical (unpaired) electrons. The summed E-state index contributed by atoms with van der Waals surface area (Å²) in [6.45, 7) is 26.7. The van der Waals surface area contributed by atoms with E-state index in [-0.39, 0.29) is 23.6 Å². The molecule has 11 heteroatoms. The number of alkyl halides is 2. The summed E-state index contributed by atoms with van der Waals surface area (Å²) in [6.07, 6.45) is 19.4. The van der Waals surface area contributed by atoms with E-state index < -0.39 is 6.43 Å². The summed E-state index contributed by atoms with van der Waals surface area (Å²) in [6, 6.07) is 5.84. The van der Waals surface area contributed by atoms with Gasteiger partial charge in [-0.3, -0.25) is 4.79 Å². The molecular weight excluding hydrogens is 717 g/mol. The predicted molar refractivity (Wildman–Crippen MR) is 225 cm³/mol. The highest BCUT2D eigenvalue weighted by molar-refractivity contribution is 5.68. The molecule has 0 aromatic carbocycles. The molecule has 56 heavy (non-hydrogen) atoms. The second kappa shape index (κ2) is 30.2. The van der Waals surface area contributed by atoms with Crippen LogP contribution in [-0.2, 0) is 25.4 Å². The summed E-state index contributed by atoms with van der Waals surface area (Å²) >= 11 is 0. The normalized spacial score (nSPS) is 16.3. The molecule has 0 aliphatic carbocycles. The molecule has 0 spiro atoms. The Balaban J connectivity index is 0.000000704. The molecule has 0 saturated carbocycles. The molecule has 5 heterocycles. The third kappa shape index (κ3) is 19.7. The van der Waals surface area contributed by atoms with Crippen LogP contribution in [0.3, 0.4) is 0 Å². The lowest BCUT2D eigenvalue weighted by Gasteiger charge is -2.44. The second-order valence-corrected chi connectivity index (χ2v) is 14.4. The number of halogens is 2. The van der Waals surface area contributed by atoms with Crippen molar-refractivity contribution in [2.45, 2.75) is 106 Å². The number of ether oxygens (including phenoxy) is 4. The van der Waals surface area contributed by atoms with E-state index in [4.69, 9.17) is 28.8 Å². The van der Waals surface area contributed by atoms with Gasteiger partial charge in [-0.25, -0.2) is 13.8 Å². The first kappa shape index (κ1) is 52.0. The molecule has 5 rings (SSSR count). The number of aryl methyl sites for hydroxylation is 1. The lowest BCUT2D eigenvalue weighted by Crippen LogP contribution is -2.56. The van der Waals surface area contributed by atoms with Gasteiger partial charge in [-0.1, -0.05) is 66.7 Å². The largest absolute Gasteiger partial charge is 0.483 e. The highest BCUT2D eigenvalue weighted by atomic mass is 19.3. The van der Waals surface area contributed by atoms with E-state index in [0.717, 1.165) is 49.0 Å². The van der Waals surface area contributed by atoms with Crippen LogP contribution in [0.5, 0.6) is 5.88 Å². The number of nitrogens with one attached hydrogen (secondary N) is 1. The number of hydrogen-bond donors (Lipinski definition) is 2. The molecule has 2 unspecified atom stereocenters. The van der Waals surface area contributed by atoms with Crippen molar-refractivity contribution >= 4 is 12.0 Å². The standard InChI is InChI=1S/C12H17F2N.C12H24O2.C11H13NO2.C7H13N.C2H2.CH2O2/c1-3-9(2)11(12(13)14)7-6-10-5-4-8-15-10;1-5-11(4)6-7-14-12(10(2)3)8-13-9-12;1-8-5-10(6-12-11(8)13-2)9-3-4-14-7-9;1-7(2)8-5-3-4-6-8;1-2;2-1-3/h4-5,7-9,12,15H,3,6H2,1-2H3;10-11H,5-9H2,1-4H3;3,5-6H,4,7H2,1-2H3;1,3-6H2,2H3;1-2H;1H,(H,2,3)/b11-7+;;;;;. The first-order chi connectivity index (χ1) is 26.8. The fourth-order valence-corrected chi connectivity index (χ4v) is 5.66. The number of methoxy groups -OCH3 is 1. The van der Waals surface area contributed by atoms with Crippen molar-refractivity contribution in [2.75, 3.05) is 53.2 Å². The maximum absolute atomic E-state index is 12.7. The zero-order chi connectivity index (χ0) is 42.5. The van der Waals surface area contributed by atoms with Crippen LogP contribution in [0.4, 0.5) is 8.78 Å².